The smallest absolute Gasteiger partial charge is 0.396 e. The summed E-state index contributed by atoms with van der Waals surface area (Å²) in [6, 6.07) is 0. The number of hydrogen-bond acceptors (Lipinski definition) is 6. The van der Waals surface area contributed by atoms with Gasteiger partial charge in [0.05, 0.1) is 5.56 Å². The van der Waals surface area contributed by atoms with Gasteiger partial charge >= 0.3 is 12.2 Å². The third-order valence-electron chi connectivity index (χ3n) is 1.89. The lowest BCUT2D eigenvalue weighted by Crippen LogP contribution is -2.20. The van der Waals surface area contributed by atoms with Crippen LogP contribution in [0.3, 0.4) is 0 Å². The zero-order valence-electron chi connectivity index (χ0n) is 9.27. The van der Waals surface area contributed by atoms with E-state index in [-0.39, 0.29) is 6.20 Å². The summed E-state index contributed by atoms with van der Waals surface area (Å²) >= 11 is 0. The van der Waals surface area contributed by atoms with Crippen LogP contribution in [-0.2, 0) is 9.05 Å². The van der Waals surface area contributed by atoms with Crippen molar-refractivity contribution in [3.63, 3.8) is 0 Å². The lowest BCUT2D eigenvalue weighted by molar-refractivity contribution is -0.393. The average Bonchev–Trinajstić information content (AvgIpc) is 2.23. The zero-order valence-corrected chi connectivity index (χ0v) is 10.8. The van der Waals surface area contributed by atoms with Crippen LogP contribution in [-0.4, -0.2) is 24.7 Å². The second kappa shape index (κ2) is 5.55. The van der Waals surface area contributed by atoms with Gasteiger partial charge in [-0.2, -0.15) is 0 Å². The number of ether oxygens (including phenoxy) is 1. The van der Waals surface area contributed by atoms with Crippen molar-refractivity contribution in [1.29, 1.82) is 0 Å². The van der Waals surface area contributed by atoms with E-state index < -0.39 is 48.8 Å². The summed E-state index contributed by atoms with van der Waals surface area (Å²) in [5.41, 5.74) is -1.90. The number of aromatic nitrogens is 1. The molecule has 7 nitrogen and oxygen atoms in total. The van der Waals surface area contributed by atoms with E-state index >= 15 is 0 Å². The maximum atomic E-state index is 12.8. The average molecular weight is 357 g/mol. The molecule has 0 aliphatic rings. The molecule has 0 saturated carbocycles. The fourth-order valence-corrected chi connectivity index (χ4v) is 2.22. The Hall–Kier alpha value is -1.76. The van der Waals surface area contributed by atoms with Crippen LogP contribution < -0.4 is 4.74 Å². The number of rotatable bonds is 4. The van der Waals surface area contributed by atoms with Gasteiger partial charge in [-0.1, -0.05) is 0 Å². The van der Waals surface area contributed by atoms with Gasteiger partial charge in [0.1, 0.15) is 4.90 Å². The lowest BCUT2D eigenvalue weighted by atomic mass is 10.2. The lowest BCUT2D eigenvalue weighted by Gasteiger charge is -2.13. The standard InChI is InChI=1S/C7H2ClF5N2O5S/c8-21(18,19)2-1-14-6(15(16)17)4(3(2)5(9)10)20-7(11,12)13/h1,5H. The van der Waals surface area contributed by atoms with Crippen LogP contribution >= 0.6 is 10.7 Å². The minimum atomic E-state index is -5.59. The molecule has 0 spiro atoms. The highest BCUT2D eigenvalue weighted by Crippen LogP contribution is 2.42. The first kappa shape index (κ1) is 17.3. The first-order valence-electron chi connectivity index (χ1n) is 4.50. The predicted octanol–water partition coefficient (Wildman–Crippen LogP) is 2.75. The van der Waals surface area contributed by atoms with Crippen LogP contribution in [0, 0.1) is 10.1 Å². The maximum absolute atomic E-state index is 12.8. The third kappa shape index (κ3) is 4.10. The minimum Gasteiger partial charge on any atom is -0.396 e. The Morgan fingerprint density at radius 2 is 1.90 bits per heavy atom. The van der Waals surface area contributed by atoms with Gasteiger partial charge in [-0.3, -0.25) is 0 Å². The molecule has 0 amide bonds. The Kier molecular flexibility index (Phi) is 4.57. The molecule has 1 heterocycles. The molecular formula is C7H2ClF5N2O5S. The number of pyridine rings is 1. The molecule has 0 fully saturated rings. The molecule has 14 heteroatoms. The second-order valence-corrected chi connectivity index (χ2v) is 5.77. The molecule has 21 heavy (non-hydrogen) atoms. The van der Waals surface area contributed by atoms with Crippen molar-refractivity contribution in [2.45, 2.75) is 17.7 Å². The minimum absolute atomic E-state index is 0.0468. The second-order valence-electron chi connectivity index (χ2n) is 3.23. The Balaban J connectivity index is 3.79. The van der Waals surface area contributed by atoms with E-state index in [0.717, 1.165) is 0 Å². The van der Waals surface area contributed by atoms with Gasteiger partial charge in [-0.05, 0) is 9.91 Å². The van der Waals surface area contributed by atoms with Crippen molar-refractivity contribution in [2.75, 3.05) is 0 Å². The largest absolute Gasteiger partial charge is 0.573 e. The van der Waals surface area contributed by atoms with Gasteiger partial charge < -0.3 is 14.9 Å². The Morgan fingerprint density at radius 3 is 2.24 bits per heavy atom. The van der Waals surface area contributed by atoms with E-state index in [2.05, 4.69) is 9.72 Å². The monoisotopic (exact) mass is 356 g/mol. The Labute approximate surface area is 116 Å². The summed E-state index contributed by atoms with van der Waals surface area (Å²) in [5, 5.41) is 10.5. The number of hydrogen-bond donors (Lipinski definition) is 0. The fraction of sp³-hybridized carbons (Fsp3) is 0.286. The Bertz CT molecular complexity index is 677. The summed E-state index contributed by atoms with van der Waals surface area (Å²) in [5.74, 6) is -3.77. The van der Waals surface area contributed by atoms with E-state index in [1.165, 1.54) is 0 Å². The molecule has 0 aliphatic carbocycles. The quantitative estimate of drug-likeness (QED) is 0.356. The normalized spacial score (nSPS) is 12.5. The van der Waals surface area contributed by atoms with E-state index in [9.17, 15) is 40.5 Å². The molecule has 1 rings (SSSR count). The summed E-state index contributed by atoms with van der Waals surface area (Å²) < 4.78 is 87.3. The first-order chi connectivity index (χ1) is 9.34. The van der Waals surface area contributed by atoms with Crippen molar-refractivity contribution >= 4 is 25.6 Å². The number of halogens is 6. The maximum Gasteiger partial charge on any atom is 0.573 e. The molecule has 1 aromatic heterocycles. The van der Waals surface area contributed by atoms with E-state index in [1.54, 1.807) is 0 Å². The molecule has 0 unspecified atom stereocenters. The first-order valence-corrected chi connectivity index (χ1v) is 6.81. The Morgan fingerprint density at radius 1 is 1.38 bits per heavy atom. The van der Waals surface area contributed by atoms with Gasteiger partial charge in [-0.25, -0.2) is 17.2 Å². The summed E-state index contributed by atoms with van der Waals surface area (Å²) in [6.45, 7) is 0. The highest BCUT2D eigenvalue weighted by molar-refractivity contribution is 8.13. The fourth-order valence-electron chi connectivity index (χ4n) is 1.23. The van der Waals surface area contributed by atoms with Gasteiger partial charge in [0.2, 0.25) is 5.75 Å². The van der Waals surface area contributed by atoms with Crippen molar-refractivity contribution < 1.29 is 40.0 Å². The van der Waals surface area contributed by atoms with Gasteiger partial charge in [0.25, 0.3) is 15.5 Å². The predicted molar refractivity (Wildman–Crippen MR) is 55.6 cm³/mol. The highest BCUT2D eigenvalue weighted by atomic mass is 35.7. The molecule has 118 valence electrons. The summed E-state index contributed by atoms with van der Waals surface area (Å²) in [6.07, 6.45) is -9.40. The zero-order chi connectivity index (χ0) is 16.6. The molecule has 1 aromatic rings. The van der Waals surface area contributed by atoms with E-state index in [4.69, 9.17) is 10.7 Å². The van der Waals surface area contributed by atoms with Gasteiger partial charge in [0, 0.05) is 10.7 Å². The SMILES string of the molecule is O=[N+]([O-])c1ncc(S(=O)(=O)Cl)c(C(F)F)c1OC(F)(F)F. The van der Waals surface area contributed by atoms with Crippen molar-refractivity contribution in [3.8, 4) is 5.75 Å². The van der Waals surface area contributed by atoms with Crippen molar-refractivity contribution in [2.24, 2.45) is 0 Å². The van der Waals surface area contributed by atoms with E-state index in [0.29, 0.717) is 0 Å². The van der Waals surface area contributed by atoms with Gasteiger partial charge in [0.15, 0.2) is 6.20 Å². The van der Waals surface area contributed by atoms with E-state index in [1.807, 2.05) is 0 Å². The van der Waals surface area contributed by atoms with Crippen LogP contribution in [0.1, 0.15) is 12.0 Å². The molecule has 0 aliphatic heterocycles. The molecule has 0 radical (unpaired) electrons. The van der Waals surface area contributed by atoms with Crippen molar-refractivity contribution in [3.05, 3.63) is 21.9 Å². The number of alkyl halides is 5. The van der Waals surface area contributed by atoms with Crippen LogP contribution in [0.5, 0.6) is 5.75 Å². The van der Waals surface area contributed by atoms with Crippen LogP contribution in [0.15, 0.2) is 11.1 Å². The van der Waals surface area contributed by atoms with Crippen LogP contribution in [0.4, 0.5) is 27.8 Å². The highest BCUT2D eigenvalue weighted by Gasteiger charge is 2.41. The topological polar surface area (TPSA) is 99.4 Å². The summed E-state index contributed by atoms with van der Waals surface area (Å²) in [7, 11) is -0.164. The van der Waals surface area contributed by atoms with Crippen LogP contribution in [0.2, 0.25) is 0 Å². The molecule has 0 saturated heterocycles. The van der Waals surface area contributed by atoms with Gasteiger partial charge in [-0.15, -0.1) is 13.2 Å². The molecular weight excluding hydrogens is 355 g/mol. The molecule has 0 N–H and O–H groups in total. The molecule has 0 aromatic carbocycles. The number of nitrogens with zero attached hydrogens (tertiary/aromatic N) is 2. The number of nitro groups is 1. The molecule has 0 atom stereocenters. The van der Waals surface area contributed by atoms with Crippen LogP contribution in [0.25, 0.3) is 0 Å². The summed E-state index contributed by atoms with van der Waals surface area (Å²) in [4.78, 5) is 10.2. The van der Waals surface area contributed by atoms with Crippen molar-refractivity contribution in [1.82, 2.24) is 4.98 Å². The molecule has 0 bridgehead atoms. The third-order valence-corrected chi connectivity index (χ3v) is 3.24.